The monoisotopic (exact) mass is 582 g/mol. The van der Waals surface area contributed by atoms with Crippen LogP contribution in [0.15, 0.2) is 182 Å². The van der Waals surface area contributed by atoms with Gasteiger partial charge in [-0.1, -0.05) is 164 Å². The minimum Gasteiger partial charge on any atom is -0.0622 e. The number of hydrogen-bond donors (Lipinski definition) is 0. The molecule has 0 aliphatic heterocycles. The molecule has 0 saturated heterocycles. The minimum atomic E-state index is 1.22. The summed E-state index contributed by atoms with van der Waals surface area (Å²) in [6.07, 6.45) is 0. The molecule has 0 heterocycles. The highest BCUT2D eigenvalue weighted by Crippen LogP contribution is 2.44. The lowest BCUT2D eigenvalue weighted by Crippen LogP contribution is -1.91. The molecule has 214 valence electrons. The van der Waals surface area contributed by atoms with Gasteiger partial charge in [-0.25, -0.2) is 0 Å². The van der Waals surface area contributed by atoms with Gasteiger partial charge in [-0.15, -0.1) is 0 Å². The average Bonchev–Trinajstić information content (AvgIpc) is 3.13. The molecule has 0 unspecified atom stereocenters. The Morgan fingerprint density at radius 1 is 0.196 bits per heavy atom. The van der Waals surface area contributed by atoms with Crippen LogP contribution in [0, 0.1) is 0 Å². The Hall–Kier alpha value is -5.98. The van der Waals surface area contributed by atoms with E-state index in [0.717, 1.165) is 0 Å². The summed E-state index contributed by atoms with van der Waals surface area (Å²) in [4.78, 5) is 0. The summed E-state index contributed by atoms with van der Waals surface area (Å²) in [6, 6.07) is 66.6. The van der Waals surface area contributed by atoms with Crippen LogP contribution in [0.2, 0.25) is 0 Å². The summed E-state index contributed by atoms with van der Waals surface area (Å²) in [6.45, 7) is 0. The van der Waals surface area contributed by atoms with Crippen molar-refractivity contribution in [3.05, 3.63) is 182 Å². The number of hydrogen-bond acceptors (Lipinski definition) is 0. The Labute approximate surface area is 268 Å². The highest BCUT2D eigenvalue weighted by atomic mass is 14.2. The summed E-state index contributed by atoms with van der Waals surface area (Å²) in [5, 5.41) is 10.1. The van der Waals surface area contributed by atoms with Crippen LogP contribution in [0.1, 0.15) is 0 Å². The van der Waals surface area contributed by atoms with E-state index in [1.54, 1.807) is 0 Å². The van der Waals surface area contributed by atoms with Crippen LogP contribution >= 0.6 is 0 Å². The largest absolute Gasteiger partial charge is 0.0622 e. The van der Waals surface area contributed by atoms with E-state index >= 15 is 0 Å². The molecule has 0 aromatic heterocycles. The molecule has 9 rings (SSSR count). The van der Waals surface area contributed by atoms with Crippen molar-refractivity contribution < 1.29 is 0 Å². The third-order valence-electron chi connectivity index (χ3n) is 9.42. The summed E-state index contributed by atoms with van der Waals surface area (Å²) >= 11 is 0. The predicted molar refractivity (Wildman–Crippen MR) is 198 cm³/mol. The normalized spacial score (nSPS) is 11.5. The molecule has 0 nitrogen and oxygen atoms in total. The zero-order chi connectivity index (χ0) is 30.5. The Morgan fingerprint density at radius 2 is 0.543 bits per heavy atom. The van der Waals surface area contributed by atoms with Gasteiger partial charge in [0, 0.05) is 0 Å². The molecule has 0 aliphatic carbocycles. The minimum absolute atomic E-state index is 1.22. The van der Waals surface area contributed by atoms with Gasteiger partial charge < -0.3 is 0 Å². The molecule has 0 aliphatic rings. The Bertz CT molecular complexity index is 2500. The Kier molecular flexibility index (Phi) is 6.25. The average molecular weight is 583 g/mol. The second-order valence-electron chi connectivity index (χ2n) is 12.1. The van der Waals surface area contributed by atoms with Crippen molar-refractivity contribution in [2.24, 2.45) is 0 Å². The van der Waals surface area contributed by atoms with Gasteiger partial charge in [0.2, 0.25) is 0 Å². The van der Waals surface area contributed by atoms with E-state index in [2.05, 4.69) is 182 Å². The summed E-state index contributed by atoms with van der Waals surface area (Å²) in [7, 11) is 0. The van der Waals surface area contributed by atoms with Crippen molar-refractivity contribution in [2.45, 2.75) is 0 Å². The molecule has 9 aromatic rings. The highest BCUT2D eigenvalue weighted by Gasteiger charge is 2.17. The second kappa shape index (κ2) is 10.9. The molecule has 0 heteroatoms. The smallest absolute Gasteiger partial charge is 0.00262 e. The third kappa shape index (κ3) is 4.47. The van der Waals surface area contributed by atoms with Gasteiger partial charge in [-0.3, -0.25) is 0 Å². The van der Waals surface area contributed by atoms with Crippen LogP contribution in [-0.4, -0.2) is 0 Å². The number of benzene rings is 9. The number of rotatable bonds is 4. The van der Waals surface area contributed by atoms with Gasteiger partial charge in [0.15, 0.2) is 0 Å². The SMILES string of the molecule is c1ccc(-c2ccc(-c3ccc4ccc(-c5c6ccccc6c(-c6ccc7ccccc7c6)c6ccccc56)cc4c3)cc2)cc1. The van der Waals surface area contributed by atoms with Crippen molar-refractivity contribution in [1.82, 2.24) is 0 Å². The molecule has 0 saturated carbocycles. The molecule has 9 aromatic carbocycles. The first-order chi connectivity index (χ1) is 22.8. The van der Waals surface area contributed by atoms with Crippen molar-refractivity contribution >= 4 is 43.1 Å². The van der Waals surface area contributed by atoms with Gasteiger partial charge in [0.05, 0.1) is 0 Å². The molecule has 0 atom stereocenters. The first-order valence-corrected chi connectivity index (χ1v) is 15.9. The van der Waals surface area contributed by atoms with E-state index in [-0.39, 0.29) is 0 Å². The molecule has 0 amide bonds. The van der Waals surface area contributed by atoms with Crippen LogP contribution in [0.25, 0.3) is 87.6 Å². The lowest BCUT2D eigenvalue weighted by molar-refractivity contribution is 1.60. The van der Waals surface area contributed by atoms with Gasteiger partial charge in [0.25, 0.3) is 0 Å². The van der Waals surface area contributed by atoms with Crippen LogP contribution in [-0.2, 0) is 0 Å². The van der Waals surface area contributed by atoms with E-state index in [4.69, 9.17) is 0 Å². The summed E-state index contributed by atoms with van der Waals surface area (Å²) < 4.78 is 0. The maximum Gasteiger partial charge on any atom is -0.00262 e. The fourth-order valence-electron chi connectivity index (χ4n) is 7.16. The zero-order valence-electron chi connectivity index (χ0n) is 25.3. The zero-order valence-corrected chi connectivity index (χ0v) is 25.3. The molecule has 0 spiro atoms. The molecular weight excluding hydrogens is 553 g/mol. The van der Waals surface area contributed by atoms with Gasteiger partial charge in [-0.05, 0) is 106 Å². The Balaban J connectivity index is 1.21. The van der Waals surface area contributed by atoms with Crippen LogP contribution < -0.4 is 0 Å². The Morgan fingerprint density at radius 3 is 1.11 bits per heavy atom. The van der Waals surface area contributed by atoms with E-state index in [1.807, 2.05) is 0 Å². The van der Waals surface area contributed by atoms with Crippen molar-refractivity contribution in [3.63, 3.8) is 0 Å². The highest BCUT2D eigenvalue weighted by molar-refractivity contribution is 6.22. The van der Waals surface area contributed by atoms with Crippen molar-refractivity contribution in [2.75, 3.05) is 0 Å². The molecule has 46 heavy (non-hydrogen) atoms. The van der Waals surface area contributed by atoms with Crippen LogP contribution in [0.5, 0.6) is 0 Å². The topological polar surface area (TPSA) is 0 Å². The van der Waals surface area contributed by atoms with Crippen LogP contribution in [0.3, 0.4) is 0 Å². The lowest BCUT2D eigenvalue weighted by atomic mass is 9.85. The molecular formula is C46H30. The predicted octanol–water partition coefficient (Wildman–Crippen LogP) is 13.0. The van der Waals surface area contributed by atoms with Crippen molar-refractivity contribution in [3.8, 4) is 44.5 Å². The van der Waals surface area contributed by atoms with Gasteiger partial charge >= 0.3 is 0 Å². The van der Waals surface area contributed by atoms with Gasteiger partial charge in [0.1, 0.15) is 0 Å². The molecule has 0 bridgehead atoms. The first kappa shape index (κ1) is 26.4. The first-order valence-electron chi connectivity index (χ1n) is 15.9. The quantitative estimate of drug-likeness (QED) is 0.181. The van der Waals surface area contributed by atoms with Crippen LogP contribution in [0.4, 0.5) is 0 Å². The third-order valence-corrected chi connectivity index (χ3v) is 9.42. The van der Waals surface area contributed by atoms with Crippen molar-refractivity contribution in [1.29, 1.82) is 0 Å². The molecule has 0 N–H and O–H groups in total. The van der Waals surface area contributed by atoms with E-state index < -0.39 is 0 Å². The maximum absolute atomic E-state index is 2.38. The van der Waals surface area contributed by atoms with Gasteiger partial charge in [-0.2, -0.15) is 0 Å². The fourth-order valence-corrected chi connectivity index (χ4v) is 7.16. The summed E-state index contributed by atoms with van der Waals surface area (Å²) in [5.41, 5.74) is 9.99. The van der Waals surface area contributed by atoms with E-state index in [0.29, 0.717) is 0 Å². The molecule has 0 radical (unpaired) electrons. The number of fused-ring (bicyclic) bond motifs is 4. The second-order valence-corrected chi connectivity index (χ2v) is 12.1. The fraction of sp³-hybridized carbons (Fsp3) is 0. The maximum atomic E-state index is 2.38. The van der Waals surface area contributed by atoms with E-state index in [9.17, 15) is 0 Å². The lowest BCUT2D eigenvalue weighted by Gasteiger charge is -2.18. The molecule has 0 fully saturated rings. The summed E-state index contributed by atoms with van der Waals surface area (Å²) in [5.74, 6) is 0. The standard InChI is InChI=1S/C46H30/c1-2-10-31(11-3-1)33-18-20-34(21-19-33)37-25-22-35-24-27-39(30-40(35)29-37)46-43-16-8-6-14-41(43)45(42-15-7-9-17-44(42)46)38-26-23-32-12-4-5-13-36(32)28-38/h1-30H. The van der Waals surface area contributed by atoms with E-state index in [1.165, 1.54) is 87.6 Å².